The van der Waals surface area contributed by atoms with Crippen LogP contribution in [0.15, 0.2) is 18.2 Å². The second-order valence-corrected chi connectivity index (χ2v) is 7.16. The molecule has 0 unspecified atom stereocenters. The third kappa shape index (κ3) is 7.54. The Labute approximate surface area is 157 Å². The highest BCUT2D eigenvalue weighted by Crippen LogP contribution is 2.25. The van der Waals surface area contributed by atoms with E-state index in [1.807, 2.05) is 0 Å². The molecule has 1 aliphatic rings. The van der Waals surface area contributed by atoms with Crippen molar-refractivity contribution in [1.29, 1.82) is 0 Å². The molecule has 2 N–H and O–H groups in total. The zero-order chi connectivity index (χ0) is 18.6. The number of carbonyl (C=O) groups is 1. The molecule has 26 heavy (non-hydrogen) atoms. The largest absolute Gasteiger partial charge is 0.497 e. The van der Waals surface area contributed by atoms with Crippen LogP contribution in [0.2, 0.25) is 0 Å². The number of nitrogens with one attached hydrogen (secondary N) is 2. The van der Waals surface area contributed by atoms with Gasteiger partial charge < -0.3 is 20.1 Å². The minimum Gasteiger partial charge on any atom is -0.497 e. The summed E-state index contributed by atoms with van der Waals surface area (Å²) in [6.45, 7) is 0. The summed E-state index contributed by atoms with van der Waals surface area (Å²) in [5.74, 6) is 1.32. The third-order valence-electron chi connectivity index (χ3n) is 5.05. The Morgan fingerprint density at radius 1 is 0.808 bits per heavy atom. The number of amides is 2. The fourth-order valence-electron chi connectivity index (χ4n) is 3.54. The van der Waals surface area contributed by atoms with Gasteiger partial charge >= 0.3 is 6.03 Å². The number of ether oxygens (including phenoxy) is 2. The zero-order valence-corrected chi connectivity index (χ0v) is 16.3. The summed E-state index contributed by atoms with van der Waals surface area (Å²) < 4.78 is 10.5. The number of rotatable bonds is 4. The Morgan fingerprint density at radius 3 is 1.73 bits per heavy atom. The van der Waals surface area contributed by atoms with Crippen LogP contribution >= 0.6 is 0 Å². The van der Waals surface area contributed by atoms with E-state index in [9.17, 15) is 4.79 Å². The molecule has 0 aliphatic heterocycles. The molecule has 0 heterocycles. The van der Waals surface area contributed by atoms with Gasteiger partial charge in [-0.2, -0.15) is 0 Å². The van der Waals surface area contributed by atoms with E-state index in [-0.39, 0.29) is 12.1 Å². The van der Waals surface area contributed by atoms with Crippen LogP contribution in [0, 0.1) is 0 Å². The van der Waals surface area contributed by atoms with E-state index in [1.165, 1.54) is 57.8 Å². The van der Waals surface area contributed by atoms with E-state index in [4.69, 9.17) is 9.47 Å². The van der Waals surface area contributed by atoms with E-state index >= 15 is 0 Å². The van der Waals surface area contributed by atoms with Gasteiger partial charge in [0.2, 0.25) is 0 Å². The quantitative estimate of drug-likeness (QED) is 0.743. The lowest BCUT2D eigenvalue weighted by Gasteiger charge is -2.20. The zero-order valence-electron chi connectivity index (χ0n) is 16.3. The summed E-state index contributed by atoms with van der Waals surface area (Å²) in [6, 6.07) is 5.47. The highest BCUT2D eigenvalue weighted by molar-refractivity contribution is 5.90. The smallest absolute Gasteiger partial charge is 0.319 e. The molecule has 0 saturated heterocycles. The van der Waals surface area contributed by atoms with Crippen LogP contribution in [0.5, 0.6) is 11.5 Å². The maximum absolute atomic E-state index is 12.5. The van der Waals surface area contributed by atoms with Crippen molar-refractivity contribution in [1.82, 2.24) is 5.32 Å². The van der Waals surface area contributed by atoms with Gasteiger partial charge in [0.15, 0.2) is 0 Å². The molecule has 1 aliphatic carbocycles. The van der Waals surface area contributed by atoms with Crippen molar-refractivity contribution in [2.24, 2.45) is 0 Å². The third-order valence-corrected chi connectivity index (χ3v) is 5.05. The summed E-state index contributed by atoms with van der Waals surface area (Å²) in [6.07, 6.45) is 13.8. The van der Waals surface area contributed by atoms with Crippen LogP contribution in [0.3, 0.4) is 0 Å². The van der Waals surface area contributed by atoms with E-state index in [1.54, 1.807) is 32.4 Å². The summed E-state index contributed by atoms with van der Waals surface area (Å²) in [5, 5.41) is 6.08. The molecular weight excluding hydrogens is 328 g/mol. The Balaban J connectivity index is 1.89. The van der Waals surface area contributed by atoms with Gasteiger partial charge in [0.25, 0.3) is 0 Å². The lowest BCUT2D eigenvalue weighted by Crippen LogP contribution is -2.38. The van der Waals surface area contributed by atoms with Crippen molar-refractivity contribution in [3.05, 3.63) is 18.2 Å². The van der Waals surface area contributed by atoms with Crippen LogP contribution in [0.1, 0.15) is 70.6 Å². The van der Waals surface area contributed by atoms with Crippen molar-refractivity contribution < 1.29 is 14.3 Å². The fraction of sp³-hybridized carbons (Fsp3) is 0.667. The second kappa shape index (κ2) is 11.7. The van der Waals surface area contributed by atoms with Gasteiger partial charge in [0.1, 0.15) is 11.5 Å². The number of anilines is 1. The maximum Gasteiger partial charge on any atom is 0.319 e. The van der Waals surface area contributed by atoms with Crippen LogP contribution in [-0.4, -0.2) is 26.3 Å². The molecule has 0 bridgehead atoms. The first-order valence-electron chi connectivity index (χ1n) is 10.0. The van der Waals surface area contributed by atoms with Crippen molar-refractivity contribution in [3.63, 3.8) is 0 Å². The monoisotopic (exact) mass is 362 g/mol. The standard InChI is InChI=1S/C21H34N2O3/c1-25-19-14-18(15-20(16-19)26-2)23-21(24)22-17-12-10-8-6-4-3-5-7-9-11-13-17/h14-17H,3-13H2,1-2H3,(H2,22,23,24). The number of carbonyl (C=O) groups excluding carboxylic acids is 1. The van der Waals surface area contributed by atoms with Crippen LogP contribution < -0.4 is 20.1 Å². The van der Waals surface area contributed by atoms with Crippen LogP contribution in [0.4, 0.5) is 10.5 Å². The van der Waals surface area contributed by atoms with E-state index in [0.717, 1.165) is 12.8 Å². The molecule has 2 rings (SSSR count). The number of hydrogen-bond donors (Lipinski definition) is 2. The minimum absolute atomic E-state index is 0.155. The van der Waals surface area contributed by atoms with Crippen molar-refractivity contribution in [2.45, 2.75) is 76.7 Å². The molecule has 1 saturated carbocycles. The molecule has 1 aromatic carbocycles. The molecule has 5 nitrogen and oxygen atoms in total. The van der Waals surface area contributed by atoms with Gasteiger partial charge in [-0.1, -0.05) is 57.8 Å². The second-order valence-electron chi connectivity index (χ2n) is 7.16. The Hall–Kier alpha value is -1.91. The minimum atomic E-state index is -0.155. The number of benzene rings is 1. The molecule has 146 valence electrons. The van der Waals surface area contributed by atoms with Crippen molar-refractivity contribution in [2.75, 3.05) is 19.5 Å². The van der Waals surface area contributed by atoms with E-state index < -0.39 is 0 Å². The highest BCUT2D eigenvalue weighted by atomic mass is 16.5. The summed E-state index contributed by atoms with van der Waals surface area (Å²) in [5.41, 5.74) is 0.673. The lowest BCUT2D eigenvalue weighted by molar-refractivity contribution is 0.246. The lowest BCUT2D eigenvalue weighted by atomic mass is 9.98. The average Bonchev–Trinajstić information content (AvgIpc) is 2.63. The Morgan fingerprint density at radius 2 is 1.27 bits per heavy atom. The molecule has 0 spiro atoms. The van der Waals surface area contributed by atoms with Crippen molar-refractivity contribution in [3.8, 4) is 11.5 Å². The van der Waals surface area contributed by atoms with E-state index in [0.29, 0.717) is 17.2 Å². The van der Waals surface area contributed by atoms with Gasteiger partial charge in [0.05, 0.1) is 14.2 Å². The van der Waals surface area contributed by atoms with Gasteiger partial charge in [-0.25, -0.2) is 4.79 Å². The Bertz CT molecular complexity index is 514. The first-order valence-corrected chi connectivity index (χ1v) is 10.0. The van der Waals surface area contributed by atoms with Gasteiger partial charge in [-0.3, -0.25) is 0 Å². The molecule has 1 fully saturated rings. The predicted octanol–water partition coefficient (Wildman–Crippen LogP) is 5.50. The number of urea groups is 1. The first-order chi connectivity index (χ1) is 12.7. The first kappa shape index (κ1) is 20.4. The molecule has 1 aromatic rings. The topological polar surface area (TPSA) is 59.6 Å². The molecule has 0 atom stereocenters. The molecule has 5 heteroatoms. The summed E-state index contributed by atoms with van der Waals surface area (Å²) in [4.78, 5) is 12.5. The average molecular weight is 363 g/mol. The normalized spacial score (nSPS) is 17.5. The van der Waals surface area contributed by atoms with Crippen molar-refractivity contribution >= 4 is 11.7 Å². The fourth-order valence-corrected chi connectivity index (χ4v) is 3.54. The van der Waals surface area contributed by atoms with Crippen LogP contribution in [0.25, 0.3) is 0 Å². The summed E-state index contributed by atoms with van der Waals surface area (Å²) >= 11 is 0. The van der Waals surface area contributed by atoms with Crippen LogP contribution in [-0.2, 0) is 0 Å². The highest BCUT2D eigenvalue weighted by Gasteiger charge is 2.13. The van der Waals surface area contributed by atoms with E-state index in [2.05, 4.69) is 10.6 Å². The summed E-state index contributed by atoms with van der Waals surface area (Å²) in [7, 11) is 3.20. The van der Waals surface area contributed by atoms with Gasteiger partial charge in [0, 0.05) is 29.9 Å². The maximum atomic E-state index is 12.5. The SMILES string of the molecule is COc1cc(NC(=O)NC2CCCCCCCCCCC2)cc(OC)c1. The molecular formula is C21H34N2O3. The predicted molar refractivity (Wildman–Crippen MR) is 106 cm³/mol. The molecule has 2 amide bonds. The Kier molecular flexibility index (Phi) is 9.15. The number of methoxy groups -OCH3 is 2. The van der Waals surface area contributed by atoms with Gasteiger partial charge in [-0.05, 0) is 12.8 Å². The molecule has 0 radical (unpaired) electrons. The number of hydrogen-bond acceptors (Lipinski definition) is 3. The van der Waals surface area contributed by atoms with Gasteiger partial charge in [-0.15, -0.1) is 0 Å². The molecule has 0 aromatic heterocycles.